The van der Waals surface area contributed by atoms with Crippen LogP contribution in [0.1, 0.15) is 25.5 Å². The minimum atomic E-state index is -3.24. The van der Waals surface area contributed by atoms with Gasteiger partial charge in [0.2, 0.25) is 0 Å². The molecule has 26 heavy (non-hydrogen) atoms. The molecule has 1 N–H and O–H groups in total. The maximum absolute atomic E-state index is 12.3. The zero-order valence-corrected chi connectivity index (χ0v) is 16.0. The van der Waals surface area contributed by atoms with Gasteiger partial charge in [-0.05, 0) is 55.8 Å². The van der Waals surface area contributed by atoms with Gasteiger partial charge in [-0.15, -0.1) is 0 Å². The molecule has 0 aromatic heterocycles. The molecule has 0 saturated heterocycles. The summed E-state index contributed by atoms with van der Waals surface area (Å²) >= 11 is 0. The Labute approximate surface area is 154 Å². The Hall–Kier alpha value is -2.54. The van der Waals surface area contributed by atoms with Gasteiger partial charge in [0.05, 0.1) is 18.0 Å². The molecular weight excluding hydrogens is 354 g/mol. The largest absolute Gasteiger partial charge is 0.497 e. The number of rotatable bonds is 7. The van der Waals surface area contributed by atoms with Crippen LogP contribution in [0.3, 0.4) is 0 Å². The lowest BCUT2D eigenvalue weighted by atomic mass is 10.1. The minimum Gasteiger partial charge on any atom is -0.497 e. The van der Waals surface area contributed by atoms with Crippen molar-refractivity contribution in [3.63, 3.8) is 0 Å². The SMILES string of the molecule is COc1ccc(O[C@@H](C)C(=O)N[C@H](C)c2ccc(S(C)(=O)=O)cc2)cc1. The molecular formula is C19H23NO5S. The summed E-state index contributed by atoms with van der Waals surface area (Å²) in [5.74, 6) is 1.01. The number of hydrogen-bond acceptors (Lipinski definition) is 5. The van der Waals surface area contributed by atoms with Gasteiger partial charge in [-0.25, -0.2) is 8.42 Å². The van der Waals surface area contributed by atoms with Crippen LogP contribution >= 0.6 is 0 Å². The molecule has 7 heteroatoms. The van der Waals surface area contributed by atoms with E-state index in [0.29, 0.717) is 11.5 Å². The van der Waals surface area contributed by atoms with Crippen molar-refractivity contribution in [1.29, 1.82) is 0 Å². The van der Waals surface area contributed by atoms with Crippen molar-refractivity contribution in [2.24, 2.45) is 0 Å². The van der Waals surface area contributed by atoms with E-state index >= 15 is 0 Å². The van der Waals surface area contributed by atoms with Crippen LogP contribution in [0.5, 0.6) is 11.5 Å². The van der Waals surface area contributed by atoms with Crippen LogP contribution in [0.2, 0.25) is 0 Å². The number of benzene rings is 2. The monoisotopic (exact) mass is 377 g/mol. The van der Waals surface area contributed by atoms with Crippen LogP contribution in [0.4, 0.5) is 0 Å². The summed E-state index contributed by atoms with van der Waals surface area (Å²) in [7, 11) is -1.66. The Balaban J connectivity index is 1.96. The molecule has 140 valence electrons. The third kappa shape index (κ3) is 5.23. The zero-order valence-electron chi connectivity index (χ0n) is 15.2. The second-order valence-electron chi connectivity index (χ2n) is 6.01. The average molecular weight is 377 g/mol. The van der Waals surface area contributed by atoms with Crippen LogP contribution in [0.25, 0.3) is 0 Å². The summed E-state index contributed by atoms with van der Waals surface area (Å²) in [6, 6.07) is 13.1. The normalized spacial score (nSPS) is 13.5. The first-order valence-corrected chi connectivity index (χ1v) is 10.0. The van der Waals surface area contributed by atoms with Crippen molar-refractivity contribution in [3.05, 3.63) is 54.1 Å². The van der Waals surface area contributed by atoms with E-state index in [1.54, 1.807) is 50.4 Å². The van der Waals surface area contributed by atoms with E-state index in [-0.39, 0.29) is 16.8 Å². The van der Waals surface area contributed by atoms with Crippen LogP contribution in [0, 0.1) is 0 Å². The topological polar surface area (TPSA) is 81.7 Å². The maximum atomic E-state index is 12.3. The van der Waals surface area contributed by atoms with Gasteiger partial charge in [-0.3, -0.25) is 4.79 Å². The van der Waals surface area contributed by atoms with Crippen molar-refractivity contribution in [2.75, 3.05) is 13.4 Å². The molecule has 0 aliphatic heterocycles. The van der Waals surface area contributed by atoms with Crippen molar-refractivity contribution in [3.8, 4) is 11.5 Å². The predicted octanol–water partition coefficient (Wildman–Crippen LogP) is 2.74. The van der Waals surface area contributed by atoms with Gasteiger partial charge in [0.15, 0.2) is 15.9 Å². The number of nitrogens with one attached hydrogen (secondary N) is 1. The van der Waals surface area contributed by atoms with Gasteiger partial charge in [-0.1, -0.05) is 12.1 Å². The standard InChI is InChI=1S/C19H23NO5S/c1-13(15-5-11-18(12-6-15)26(4,22)23)20-19(21)14(2)25-17-9-7-16(24-3)8-10-17/h5-14H,1-4H3,(H,20,21)/t13-,14+/m1/s1. The molecule has 0 heterocycles. The summed E-state index contributed by atoms with van der Waals surface area (Å²) < 4.78 is 33.7. The van der Waals surface area contributed by atoms with Crippen molar-refractivity contribution >= 4 is 15.7 Å². The van der Waals surface area contributed by atoms with E-state index in [4.69, 9.17) is 9.47 Å². The number of sulfone groups is 1. The lowest BCUT2D eigenvalue weighted by Crippen LogP contribution is -2.37. The van der Waals surface area contributed by atoms with E-state index in [1.807, 2.05) is 6.92 Å². The molecule has 0 radical (unpaired) electrons. The highest BCUT2D eigenvalue weighted by molar-refractivity contribution is 7.90. The van der Waals surface area contributed by atoms with Crippen molar-refractivity contribution in [1.82, 2.24) is 5.32 Å². The summed E-state index contributed by atoms with van der Waals surface area (Å²) in [5.41, 5.74) is 0.808. The third-order valence-corrected chi connectivity index (χ3v) is 5.04. The number of hydrogen-bond donors (Lipinski definition) is 1. The number of methoxy groups -OCH3 is 1. The molecule has 2 aromatic rings. The van der Waals surface area contributed by atoms with Gasteiger partial charge in [0.25, 0.3) is 5.91 Å². The number of carbonyl (C=O) groups is 1. The van der Waals surface area contributed by atoms with Gasteiger partial charge < -0.3 is 14.8 Å². The highest BCUT2D eigenvalue weighted by atomic mass is 32.2. The second kappa shape index (κ2) is 8.23. The Morgan fingerprint density at radius 1 is 0.962 bits per heavy atom. The fourth-order valence-electron chi connectivity index (χ4n) is 2.33. The van der Waals surface area contributed by atoms with E-state index in [9.17, 15) is 13.2 Å². The Kier molecular flexibility index (Phi) is 6.26. The number of ether oxygens (including phenoxy) is 2. The fraction of sp³-hybridized carbons (Fsp3) is 0.316. The van der Waals surface area contributed by atoms with Crippen molar-refractivity contribution < 1.29 is 22.7 Å². The first kappa shape index (κ1) is 19.8. The molecule has 2 atom stereocenters. The Morgan fingerprint density at radius 3 is 2.00 bits per heavy atom. The van der Waals surface area contributed by atoms with Crippen LogP contribution < -0.4 is 14.8 Å². The summed E-state index contributed by atoms with van der Waals surface area (Å²) in [6.07, 6.45) is 0.479. The van der Waals surface area contributed by atoms with Gasteiger partial charge >= 0.3 is 0 Å². The molecule has 0 bridgehead atoms. The molecule has 1 amide bonds. The van der Waals surface area contributed by atoms with E-state index in [1.165, 1.54) is 12.1 Å². The minimum absolute atomic E-state index is 0.246. The molecule has 0 spiro atoms. The smallest absolute Gasteiger partial charge is 0.261 e. The lowest BCUT2D eigenvalue weighted by molar-refractivity contribution is -0.127. The summed E-state index contributed by atoms with van der Waals surface area (Å²) in [6.45, 7) is 3.49. The van der Waals surface area contributed by atoms with E-state index < -0.39 is 15.9 Å². The molecule has 6 nitrogen and oxygen atoms in total. The fourth-order valence-corrected chi connectivity index (χ4v) is 2.96. The summed E-state index contributed by atoms with van der Waals surface area (Å²) in [5, 5.41) is 2.86. The first-order chi connectivity index (χ1) is 12.2. The molecule has 0 saturated carbocycles. The Bertz CT molecular complexity index is 845. The summed E-state index contributed by atoms with van der Waals surface area (Å²) in [4.78, 5) is 12.6. The molecule has 0 unspecified atom stereocenters. The molecule has 2 aromatic carbocycles. The second-order valence-corrected chi connectivity index (χ2v) is 8.02. The Morgan fingerprint density at radius 2 is 1.50 bits per heavy atom. The number of carbonyl (C=O) groups excluding carboxylic acids is 1. The maximum Gasteiger partial charge on any atom is 0.261 e. The molecule has 2 rings (SSSR count). The van der Waals surface area contributed by atoms with Gasteiger partial charge in [-0.2, -0.15) is 0 Å². The van der Waals surface area contributed by atoms with Crippen LogP contribution in [-0.2, 0) is 14.6 Å². The molecule has 0 fully saturated rings. The first-order valence-electron chi connectivity index (χ1n) is 8.12. The number of amides is 1. The van der Waals surface area contributed by atoms with E-state index in [2.05, 4.69) is 5.32 Å². The highest BCUT2D eigenvalue weighted by Crippen LogP contribution is 2.19. The van der Waals surface area contributed by atoms with Crippen molar-refractivity contribution in [2.45, 2.75) is 30.9 Å². The third-order valence-electron chi connectivity index (χ3n) is 3.91. The van der Waals surface area contributed by atoms with Crippen LogP contribution in [0.15, 0.2) is 53.4 Å². The van der Waals surface area contributed by atoms with Crippen LogP contribution in [-0.4, -0.2) is 33.8 Å². The molecule has 0 aliphatic carbocycles. The highest BCUT2D eigenvalue weighted by Gasteiger charge is 2.18. The quantitative estimate of drug-likeness (QED) is 0.802. The predicted molar refractivity (Wildman–Crippen MR) is 99.2 cm³/mol. The van der Waals surface area contributed by atoms with Gasteiger partial charge in [0.1, 0.15) is 11.5 Å². The molecule has 0 aliphatic rings. The lowest BCUT2D eigenvalue weighted by Gasteiger charge is -2.19. The van der Waals surface area contributed by atoms with E-state index in [0.717, 1.165) is 11.8 Å². The average Bonchev–Trinajstić information content (AvgIpc) is 2.61. The zero-order chi connectivity index (χ0) is 19.3. The van der Waals surface area contributed by atoms with Gasteiger partial charge in [0, 0.05) is 6.26 Å².